The first kappa shape index (κ1) is 17.4. The molecule has 0 aromatic heterocycles. The zero-order valence-corrected chi connectivity index (χ0v) is 13.2. The lowest BCUT2D eigenvalue weighted by Crippen LogP contribution is -2.12. The molecule has 0 saturated heterocycles. The largest absolute Gasteiger partial charge is 0.481 e. The van der Waals surface area contributed by atoms with Gasteiger partial charge in [0.25, 0.3) is 0 Å². The van der Waals surface area contributed by atoms with Crippen molar-refractivity contribution in [2.24, 2.45) is 0 Å². The summed E-state index contributed by atoms with van der Waals surface area (Å²) in [5, 5.41) is 11.4. The maximum absolute atomic E-state index is 11.9. The number of hydrogen-bond acceptors (Lipinski definition) is 3. The Morgan fingerprint density at radius 2 is 1.50 bits per heavy atom. The predicted octanol–water partition coefficient (Wildman–Crippen LogP) is 3.31. The third kappa shape index (κ3) is 5.68. The van der Waals surface area contributed by atoms with Gasteiger partial charge in [0, 0.05) is 24.1 Å². The molecular weight excluding hydrogens is 306 g/mol. The molecule has 24 heavy (non-hydrogen) atoms. The summed E-state index contributed by atoms with van der Waals surface area (Å²) >= 11 is 0. The number of hydrogen-bond donors (Lipinski definition) is 2. The Hall–Kier alpha value is -2.95. The molecule has 0 aliphatic heterocycles. The van der Waals surface area contributed by atoms with Gasteiger partial charge in [-0.25, -0.2) is 0 Å². The lowest BCUT2D eigenvalue weighted by atomic mass is 10.1. The number of ketones is 1. The van der Waals surface area contributed by atoms with Crippen LogP contribution in [0.5, 0.6) is 0 Å². The van der Waals surface area contributed by atoms with Gasteiger partial charge in [-0.05, 0) is 36.2 Å². The Morgan fingerprint density at radius 1 is 0.833 bits per heavy atom. The van der Waals surface area contributed by atoms with E-state index in [1.807, 2.05) is 30.3 Å². The number of aliphatic carboxylic acids is 1. The van der Waals surface area contributed by atoms with Crippen molar-refractivity contribution < 1.29 is 19.5 Å². The Labute approximate surface area is 140 Å². The van der Waals surface area contributed by atoms with Crippen LogP contribution in [0, 0.1) is 0 Å². The standard InChI is InChI=1S/C19H19NO4/c21-17(11-13-19(23)24)15-7-9-16(10-8-15)20-18(22)12-6-14-4-2-1-3-5-14/h1-5,7-10H,6,11-13H2,(H,20,22)(H,23,24). The Morgan fingerprint density at radius 3 is 2.12 bits per heavy atom. The molecule has 0 aliphatic rings. The van der Waals surface area contributed by atoms with E-state index in [4.69, 9.17) is 5.11 Å². The van der Waals surface area contributed by atoms with Crippen molar-refractivity contribution in [1.29, 1.82) is 0 Å². The molecule has 0 aliphatic carbocycles. The van der Waals surface area contributed by atoms with Gasteiger partial charge in [-0.15, -0.1) is 0 Å². The maximum Gasteiger partial charge on any atom is 0.303 e. The van der Waals surface area contributed by atoms with Crippen molar-refractivity contribution in [2.45, 2.75) is 25.7 Å². The average molecular weight is 325 g/mol. The maximum atomic E-state index is 11.9. The van der Waals surface area contributed by atoms with Crippen molar-refractivity contribution in [3.8, 4) is 0 Å². The van der Waals surface area contributed by atoms with Crippen LogP contribution in [0.3, 0.4) is 0 Å². The summed E-state index contributed by atoms with van der Waals surface area (Å²) in [5.41, 5.74) is 2.16. The number of Topliss-reactive ketones (excluding diaryl/α,β-unsaturated/α-hetero) is 1. The number of amides is 1. The van der Waals surface area contributed by atoms with Crippen LogP contribution in [0.15, 0.2) is 54.6 Å². The van der Waals surface area contributed by atoms with E-state index < -0.39 is 5.97 Å². The van der Waals surface area contributed by atoms with E-state index >= 15 is 0 Å². The van der Waals surface area contributed by atoms with Gasteiger partial charge < -0.3 is 10.4 Å². The first-order valence-electron chi connectivity index (χ1n) is 7.73. The fraction of sp³-hybridized carbons (Fsp3) is 0.211. The van der Waals surface area contributed by atoms with Crippen molar-refractivity contribution in [1.82, 2.24) is 0 Å². The van der Waals surface area contributed by atoms with E-state index in [1.54, 1.807) is 24.3 Å². The smallest absolute Gasteiger partial charge is 0.303 e. The van der Waals surface area contributed by atoms with Crippen LogP contribution in [-0.2, 0) is 16.0 Å². The molecule has 2 aromatic carbocycles. The van der Waals surface area contributed by atoms with Crippen LogP contribution in [0.1, 0.15) is 35.2 Å². The van der Waals surface area contributed by atoms with Crippen LogP contribution < -0.4 is 5.32 Å². The van der Waals surface area contributed by atoms with E-state index in [0.717, 1.165) is 5.56 Å². The second kappa shape index (κ2) is 8.62. The van der Waals surface area contributed by atoms with Gasteiger partial charge in [-0.1, -0.05) is 30.3 Å². The minimum atomic E-state index is -0.995. The van der Waals surface area contributed by atoms with Gasteiger partial charge in [-0.2, -0.15) is 0 Å². The number of anilines is 1. The zero-order chi connectivity index (χ0) is 17.4. The normalized spacial score (nSPS) is 10.2. The molecule has 0 atom stereocenters. The van der Waals surface area contributed by atoms with Crippen molar-refractivity contribution in [3.63, 3.8) is 0 Å². The molecule has 0 heterocycles. The summed E-state index contributed by atoms with van der Waals surface area (Å²) in [6.45, 7) is 0. The number of carboxylic acids is 1. The van der Waals surface area contributed by atoms with Crippen molar-refractivity contribution >= 4 is 23.3 Å². The molecule has 0 radical (unpaired) electrons. The van der Waals surface area contributed by atoms with Gasteiger partial charge in [0.2, 0.25) is 5.91 Å². The highest BCUT2D eigenvalue weighted by Gasteiger charge is 2.09. The van der Waals surface area contributed by atoms with Crippen LogP contribution in [0.2, 0.25) is 0 Å². The molecular formula is C19H19NO4. The van der Waals surface area contributed by atoms with Crippen molar-refractivity contribution in [2.75, 3.05) is 5.32 Å². The topological polar surface area (TPSA) is 83.5 Å². The lowest BCUT2D eigenvalue weighted by Gasteiger charge is -2.06. The molecule has 2 aromatic rings. The zero-order valence-electron chi connectivity index (χ0n) is 13.2. The van der Waals surface area contributed by atoms with Gasteiger partial charge >= 0.3 is 5.97 Å². The Kier molecular flexibility index (Phi) is 6.25. The minimum absolute atomic E-state index is 0.0296. The van der Waals surface area contributed by atoms with E-state index in [2.05, 4.69) is 5.32 Å². The van der Waals surface area contributed by atoms with E-state index in [0.29, 0.717) is 24.1 Å². The number of benzene rings is 2. The SMILES string of the molecule is O=C(O)CCC(=O)c1ccc(NC(=O)CCc2ccccc2)cc1. The van der Waals surface area contributed by atoms with Crippen LogP contribution in [0.25, 0.3) is 0 Å². The fourth-order valence-corrected chi connectivity index (χ4v) is 2.23. The minimum Gasteiger partial charge on any atom is -0.481 e. The summed E-state index contributed by atoms with van der Waals surface area (Å²) in [6.07, 6.45) is 0.830. The molecule has 0 spiro atoms. The number of rotatable bonds is 8. The molecule has 0 bridgehead atoms. The predicted molar refractivity (Wildman–Crippen MR) is 91.0 cm³/mol. The second-order valence-corrected chi connectivity index (χ2v) is 5.43. The van der Waals surface area contributed by atoms with Gasteiger partial charge in [0.05, 0.1) is 6.42 Å². The molecule has 5 heteroatoms. The summed E-state index contributed by atoms with van der Waals surface area (Å²) < 4.78 is 0. The summed E-state index contributed by atoms with van der Waals surface area (Å²) in [7, 11) is 0. The summed E-state index contributed by atoms with van der Waals surface area (Å²) in [6, 6.07) is 16.2. The van der Waals surface area contributed by atoms with Gasteiger partial charge in [0.15, 0.2) is 5.78 Å². The number of carboxylic acid groups (broad SMARTS) is 1. The van der Waals surface area contributed by atoms with Crippen LogP contribution in [-0.4, -0.2) is 22.8 Å². The molecule has 2 rings (SSSR count). The summed E-state index contributed by atoms with van der Waals surface area (Å²) in [4.78, 5) is 34.2. The highest BCUT2D eigenvalue weighted by molar-refractivity contribution is 5.98. The number of nitrogens with one attached hydrogen (secondary N) is 1. The number of carbonyl (C=O) groups excluding carboxylic acids is 2. The van der Waals surface area contributed by atoms with Crippen molar-refractivity contribution in [3.05, 3.63) is 65.7 Å². The van der Waals surface area contributed by atoms with E-state index in [-0.39, 0.29) is 24.5 Å². The first-order chi connectivity index (χ1) is 11.5. The average Bonchev–Trinajstić information content (AvgIpc) is 2.59. The molecule has 2 N–H and O–H groups in total. The van der Waals surface area contributed by atoms with Gasteiger partial charge in [-0.3, -0.25) is 14.4 Å². The van der Waals surface area contributed by atoms with Crippen LogP contribution >= 0.6 is 0 Å². The molecule has 0 unspecified atom stereocenters. The monoisotopic (exact) mass is 325 g/mol. The quantitative estimate of drug-likeness (QED) is 0.729. The highest BCUT2D eigenvalue weighted by Crippen LogP contribution is 2.13. The molecule has 5 nitrogen and oxygen atoms in total. The third-order valence-corrected chi connectivity index (χ3v) is 3.54. The third-order valence-electron chi connectivity index (χ3n) is 3.54. The number of aryl methyl sites for hydroxylation is 1. The van der Waals surface area contributed by atoms with E-state index in [9.17, 15) is 14.4 Å². The summed E-state index contributed by atoms with van der Waals surface area (Å²) in [5.74, 6) is -1.31. The fourth-order valence-electron chi connectivity index (χ4n) is 2.23. The highest BCUT2D eigenvalue weighted by atomic mass is 16.4. The number of carbonyl (C=O) groups is 3. The Bertz CT molecular complexity index is 708. The van der Waals surface area contributed by atoms with Gasteiger partial charge in [0.1, 0.15) is 0 Å². The first-order valence-corrected chi connectivity index (χ1v) is 7.73. The lowest BCUT2D eigenvalue weighted by molar-refractivity contribution is -0.137. The molecule has 0 fully saturated rings. The second-order valence-electron chi connectivity index (χ2n) is 5.43. The van der Waals surface area contributed by atoms with Crippen LogP contribution in [0.4, 0.5) is 5.69 Å². The molecule has 1 amide bonds. The van der Waals surface area contributed by atoms with E-state index in [1.165, 1.54) is 0 Å². The Balaban J connectivity index is 1.83. The molecule has 0 saturated carbocycles. The molecule has 124 valence electrons.